The predicted molar refractivity (Wildman–Crippen MR) is 91.0 cm³/mol. The van der Waals surface area contributed by atoms with E-state index in [0.29, 0.717) is 12.1 Å². The molecule has 0 fully saturated rings. The molecule has 24 heavy (non-hydrogen) atoms. The second-order valence-corrected chi connectivity index (χ2v) is 7.00. The Bertz CT molecular complexity index is 851. The summed E-state index contributed by atoms with van der Waals surface area (Å²) >= 11 is 0. The van der Waals surface area contributed by atoms with E-state index in [1.54, 1.807) is 13.0 Å². The van der Waals surface area contributed by atoms with Gasteiger partial charge >= 0.3 is 0 Å². The maximum absolute atomic E-state index is 13.7. The van der Waals surface area contributed by atoms with E-state index < -0.39 is 15.8 Å². The van der Waals surface area contributed by atoms with E-state index in [1.165, 1.54) is 30.3 Å². The Morgan fingerprint density at radius 2 is 1.88 bits per heavy atom. The van der Waals surface area contributed by atoms with Crippen LogP contribution in [0.5, 0.6) is 0 Å². The van der Waals surface area contributed by atoms with Crippen LogP contribution in [0.2, 0.25) is 0 Å². The SMILES string of the molecule is CCCNC(=O)c1cc(S(=O)(=O)Nc2ccccc2F)ccc1C. The summed E-state index contributed by atoms with van der Waals surface area (Å²) in [5.74, 6) is -1.01. The van der Waals surface area contributed by atoms with Crippen molar-refractivity contribution in [2.75, 3.05) is 11.3 Å². The Kier molecular flexibility index (Phi) is 5.56. The van der Waals surface area contributed by atoms with E-state index in [2.05, 4.69) is 10.0 Å². The van der Waals surface area contributed by atoms with E-state index in [1.807, 2.05) is 6.92 Å². The minimum atomic E-state index is -4.00. The number of carbonyl (C=O) groups excluding carboxylic acids is 1. The summed E-state index contributed by atoms with van der Waals surface area (Å²) in [4.78, 5) is 12.0. The summed E-state index contributed by atoms with van der Waals surface area (Å²) in [5, 5.41) is 2.71. The van der Waals surface area contributed by atoms with Crippen LogP contribution in [-0.4, -0.2) is 20.9 Å². The Morgan fingerprint density at radius 1 is 1.17 bits per heavy atom. The average molecular weight is 350 g/mol. The predicted octanol–water partition coefficient (Wildman–Crippen LogP) is 3.07. The Labute approximate surface area is 141 Å². The van der Waals surface area contributed by atoms with Crippen LogP contribution in [0.3, 0.4) is 0 Å². The molecule has 0 bridgehead atoms. The molecule has 5 nitrogen and oxygen atoms in total. The molecule has 0 radical (unpaired) electrons. The fraction of sp³-hybridized carbons (Fsp3) is 0.235. The van der Waals surface area contributed by atoms with Crippen molar-refractivity contribution in [1.82, 2.24) is 5.32 Å². The molecule has 128 valence electrons. The fourth-order valence-corrected chi connectivity index (χ4v) is 3.19. The van der Waals surface area contributed by atoms with Crippen molar-refractivity contribution in [3.05, 3.63) is 59.4 Å². The fourth-order valence-electron chi connectivity index (χ4n) is 2.09. The van der Waals surface area contributed by atoms with Gasteiger partial charge in [-0.2, -0.15) is 0 Å². The monoisotopic (exact) mass is 350 g/mol. The molecule has 0 aliphatic rings. The van der Waals surface area contributed by atoms with Crippen LogP contribution >= 0.6 is 0 Å². The molecule has 0 saturated heterocycles. The molecule has 7 heteroatoms. The molecule has 0 aromatic heterocycles. The number of hydrogen-bond acceptors (Lipinski definition) is 3. The van der Waals surface area contributed by atoms with Crippen LogP contribution in [0.25, 0.3) is 0 Å². The van der Waals surface area contributed by atoms with Crippen LogP contribution in [0, 0.1) is 12.7 Å². The summed E-state index contributed by atoms with van der Waals surface area (Å²) in [6, 6.07) is 9.72. The molecule has 2 aromatic carbocycles. The maximum atomic E-state index is 13.7. The Morgan fingerprint density at radius 3 is 2.54 bits per heavy atom. The number of para-hydroxylation sites is 1. The highest BCUT2D eigenvalue weighted by Gasteiger charge is 2.19. The zero-order chi connectivity index (χ0) is 17.7. The van der Waals surface area contributed by atoms with E-state index in [9.17, 15) is 17.6 Å². The molecule has 0 saturated carbocycles. The number of benzene rings is 2. The van der Waals surface area contributed by atoms with E-state index >= 15 is 0 Å². The third kappa shape index (κ3) is 4.11. The largest absolute Gasteiger partial charge is 0.352 e. The zero-order valence-electron chi connectivity index (χ0n) is 13.5. The van der Waals surface area contributed by atoms with Gasteiger partial charge in [0.15, 0.2) is 0 Å². The highest BCUT2D eigenvalue weighted by molar-refractivity contribution is 7.92. The highest BCUT2D eigenvalue weighted by Crippen LogP contribution is 2.21. The smallest absolute Gasteiger partial charge is 0.262 e. The molecule has 0 atom stereocenters. The second-order valence-electron chi connectivity index (χ2n) is 5.32. The molecule has 2 aromatic rings. The minimum absolute atomic E-state index is 0.0991. The van der Waals surface area contributed by atoms with Crippen molar-refractivity contribution in [2.24, 2.45) is 0 Å². The first kappa shape index (κ1) is 17.9. The lowest BCUT2D eigenvalue weighted by molar-refractivity contribution is 0.0953. The molecule has 2 N–H and O–H groups in total. The highest BCUT2D eigenvalue weighted by atomic mass is 32.2. The molecule has 0 heterocycles. The van der Waals surface area contributed by atoms with Crippen LogP contribution in [0.4, 0.5) is 10.1 Å². The number of hydrogen-bond donors (Lipinski definition) is 2. The van der Waals surface area contributed by atoms with Gasteiger partial charge in [-0.15, -0.1) is 0 Å². The Balaban J connectivity index is 2.34. The molecule has 0 spiro atoms. The number of carbonyl (C=O) groups is 1. The van der Waals surface area contributed by atoms with E-state index in [4.69, 9.17) is 0 Å². The van der Waals surface area contributed by atoms with Crippen molar-refractivity contribution >= 4 is 21.6 Å². The molecular weight excluding hydrogens is 331 g/mol. The lowest BCUT2D eigenvalue weighted by atomic mass is 10.1. The molecule has 2 rings (SSSR count). The number of amides is 1. The summed E-state index contributed by atoms with van der Waals surface area (Å²) < 4.78 is 40.7. The number of aryl methyl sites for hydroxylation is 1. The Hall–Kier alpha value is -2.41. The van der Waals surface area contributed by atoms with Crippen LogP contribution in [0.1, 0.15) is 29.3 Å². The molecular formula is C17H19FN2O3S. The van der Waals surface area contributed by atoms with Gasteiger partial charge in [0.05, 0.1) is 10.6 Å². The normalized spacial score (nSPS) is 11.1. The lowest BCUT2D eigenvalue weighted by Crippen LogP contribution is -2.25. The maximum Gasteiger partial charge on any atom is 0.262 e. The minimum Gasteiger partial charge on any atom is -0.352 e. The first-order valence-corrected chi connectivity index (χ1v) is 8.99. The van der Waals surface area contributed by atoms with Crippen molar-refractivity contribution in [3.63, 3.8) is 0 Å². The zero-order valence-corrected chi connectivity index (χ0v) is 14.3. The second kappa shape index (κ2) is 7.44. The third-order valence-electron chi connectivity index (χ3n) is 3.42. The summed E-state index contributed by atoms with van der Waals surface area (Å²) in [5.41, 5.74) is 0.795. The number of sulfonamides is 1. The van der Waals surface area contributed by atoms with Gasteiger partial charge in [0, 0.05) is 12.1 Å². The van der Waals surface area contributed by atoms with Gasteiger partial charge in [0.1, 0.15) is 5.82 Å². The third-order valence-corrected chi connectivity index (χ3v) is 4.78. The van der Waals surface area contributed by atoms with Crippen LogP contribution in [0.15, 0.2) is 47.4 Å². The lowest BCUT2D eigenvalue weighted by Gasteiger charge is -2.12. The van der Waals surface area contributed by atoms with Gasteiger partial charge in [0.2, 0.25) is 0 Å². The summed E-state index contributed by atoms with van der Waals surface area (Å²) in [7, 11) is -4.00. The molecule has 1 amide bonds. The van der Waals surface area contributed by atoms with Crippen LogP contribution < -0.4 is 10.0 Å². The number of halogens is 1. The number of rotatable bonds is 6. The van der Waals surface area contributed by atoms with Gasteiger partial charge in [-0.25, -0.2) is 12.8 Å². The van der Waals surface area contributed by atoms with Crippen molar-refractivity contribution in [3.8, 4) is 0 Å². The van der Waals surface area contributed by atoms with E-state index in [-0.39, 0.29) is 22.1 Å². The number of anilines is 1. The van der Waals surface area contributed by atoms with Gasteiger partial charge in [-0.05, 0) is 43.2 Å². The molecule has 0 aliphatic heterocycles. The van der Waals surface area contributed by atoms with Crippen molar-refractivity contribution in [2.45, 2.75) is 25.2 Å². The van der Waals surface area contributed by atoms with Crippen LogP contribution in [-0.2, 0) is 10.0 Å². The quantitative estimate of drug-likeness (QED) is 0.841. The first-order valence-electron chi connectivity index (χ1n) is 7.51. The van der Waals surface area contributed by atoms with Gasteiger partial charge in [-0.1, -0.05) is 25.1 Å². The topological polar surface area (TPSA) is 75.3 Å². The van der Waals surface area contributed by atoms with Gasteiger partial charge in [0.25, 0.3) is 15.9 Å². The first-order chi connectivity index (χ1) is 11.3. The average Bonchev–Trinajstić information content (AvgIpc) is 2.54. The summed E-state index contributed by atoms with van der Waals surface area (Å²) in [6.07, 6.45) is 0.775. The van der Waals surface area contributed by atoms with Gasteiger partial charge in [-0.3, -0.25) is 9.52 Å². The van der Waals surface area contributed by atoms with Crippen molar-refractivity contribution in [1.29, 1.82) is 0 Å². The molecule has 0 aliphatic carbocycles. The summed E-state index contributed by atoms with van der Waals surface area (Å²) in [6.45, 7) is 4.15. The standard InChI is InChI=1S/C17H19FN2O3S/c1-3-10-19-17(21)14-11-13(9-8-12(14)2)24(22,23)20-16-7-5-4-6-15(16)18/h4-9,11,20H,3,10H2,1-2H3,(H,19,21). The van der Waals surface area contributed by atoms with Gasteiger partial charge < -0.3 is 5.32 Å². The number of nitrogens with one attached hydrogen (secondary N) is 2. The van der Waals surface area contributed by atoms with Crippen molar-refractivity contribution < 1.29 is 17.6 Å². The van der Waals surface area contributed by atoms with E-state index in [0.717, 1.165) is 12.5 Å². The molecule has 0 unspecified atom stereocenters.